The first-order chi connectivity index (χ1) is 20.8. The van der Waals surface area contributed by atoms with E-state index in [1.807, 2.05) is 53.2 Å². The number of methoxy groups -OCH3 is 1. The van der Waals surface area contributed by atoms with Gasteiger partial charge in [0.15, 0.2) is 4.80 Å². The van der Waals surface area contributed by atoms with E-state index in [9.17, 15) is 19.7 Å². The number of hydrogen-bond donors (Lipinski definition) is 1. The molecule has 0 fully saturated rings. The number of anilines is 1. The second-order valence-electron chi connectivity index (χ2n) is 9.75. The van der Waals surface area contributed by atoms with Crippen molar-refractivity contribution in [3.8, 4) is 11.4 Å². The number of thiazole rings is 1. The Labute approximate surface area is 249 Å². The zero-order valence-electron chi connectivity index (χ0n) is 23.1. The van der Waals surface area contributed by atoms with Crippen LogP contribution in [0.3, 0.4) is 0 Å². The summed E-state index contributed by atoms with van der Waals surface area (Å²) < 4.78 is 9.16. The molecule has 0 unspecified atom stereocenters. The maximum absolute atomic E-state index is 14.1. The number of rotatable bonds is 7. The van der Waals surface area contributed by atoms with Gasteiger partial charge >= 0.3 is 0 Å². The van der Waals surface area contributed by atoms with Crippen LogP contribution in [0.15, 0.2) is 118 Å². The summed E-state index contributed by atoms with van der Waals surface area (Å²) in [6, 6.07) is 25.5. The average Bonchev–Trinajstić information content (AvgIpc) is 3.60. The third-order valence-electron chi connectivity index (χ3n) is 7.13. The SMILES string of the molecule is COc1ccc([C@H]2C(C(=O)Nc3ccccc3)=C(C)N=c3s/c(=C/c4cccn4-c4ccc([N+](=O)[O-])cc4)c(=O)n32)cc1. The molecule has 0 aliphatic carbocycles. The van der Waals surface area contributed by atoms with Crippen molar-refractivity contribution in [2.45, 2.75) is 13.0 Å². The topological polar surface area (TPSA) is 121 Å². The van der Waals surface area contributed by atoms with Gasteiger partial charge in [0, 0.05) is 35.4 Å². The first-order valence-corrected chi connectivity index (χ1v) is 14.1. The number of nitro benzene ring substituents is 1. The first-order valence-electron chi connectivity index (χ1n) is 13.3. The predicted molar refractivity (Wildman–Crippen MR) is 164 cm³/mol. The number of benzene rings is 3. The van der Waals surface area contributed by atoms with Gasteiger partial charge in [0.05, 0.1) is 33.9 Å². The molecule has 0 saturated carbocycles. The fraction of sp³-hybridized carbons (Fsp3) is 0.0938. The quantitative estimate of drug-likeness (QED) is 0.219. The maximum Gasteiger partial charge on any atom is 0.271 e. The molecule has 3 aromatic carbocycles. The first kappa shape index (κ1) is 27.6. The Balaban J connectivity index is 1.47. The number of fused-ring (bicyclic) bond motifs is 1. The standard InChI is InChI=1S/C32H25N5O5S/c1-20-28(30(38)34-22-7-4-3-5-8-22)29(21-10-16-26(42-2)17-11-21)36-31(39)27(43-32(36)33-20)19-25-9-6-18-35(25)23-12-14-24(15-13-23)37(40)41/h3-19,29H,1-2H3,(H,34,38)/b27-19+/t29-/m0/s1. The van der Waals surface area contributed by atoms with Gasteiger partial charge in [-0.1, -0.05) is 41.7 Å². The van der Waals surface area contributed by atoms with Gasteiger partial charge in [-0.05, 0) is 67.1 Å². The molecule has 11 heteroatoms. The van der Waals surface area contributed by atoms with Crippen molar-refractivity contribution < 1.29 is 14.5 Å². The summed E-state index contributed by atoms with van der Waals surface area (Å²) in [5.41, 5.74) is 3.35. The van der Waals surface area contributed by atoms with E-state index in [2.05, 4.69) is 5.32 Å². The van der Waals surface area contributed by atoms with Crippen LogP contribution in [0.5, 0.6) is 5.75 Å². The van der Waals surface area contributed by atoms with E-state index >= 15 is 0 Å². The van der Waals surface area contributed by atoms with Gasteiger partial charge in [-0.2, -0.15) is 0 Å². The van der Waals surface area contributed by atoms with E-state index in [4.69, 9.17) is 9.73 Å². The third-order valence-corrected chi connectivity index (χ3v) is 8.11. The lowest BCUT2D eigenvalue weighted by atomic mass is 9.95. The average molecular weight is 592 g/mol. The van der Waals surface area contributed by atoms with E-state index < -0.39 is 11.0 Å². The van der Waals surface area contributed by atoms with Gasteiger partial charge in [-0.15, -0.1) is 0 Å². The highest BCUT2D eigenvalue weighted by Gasteiger charge is 2.32. The Morgan fingerprint density at radius 1 is 1.02 bits per heavy atom. The number of carbonyl (C=O) groups excluding carboxylic acids is 1. The number of allylic oxidation sites excluding steroid dienone is 1. The number of ether oxygens (including phenoxy) is 1. The van der Waals surface area contributed by atoms with Gasteiger partial charge < -0.3 is 14.6 Å². The minimum absolute atomic E-state index is 0.00762. The third kappa shape index (κ3) is 5.29. The molecule has 43 heavy (non-hydrogen) atoms. The molecule has 2 aromatic heterocycles. The highest BCUT2D eigenvalue weighted by molar-refractivity contribution is 7.07. The molecule has 0 bridgehead atoms. The molecular formula is C32H25N5O5S. The molecule has 0 spiro atoms. The lowest BCUT2D eigenvalue weighted by Gasteiger charge is -2.25. The number of carbonyl (C=O) groups is 1. The second kappa shape index (κ2) is 11.4. The molecule has 0 saturated heterocycles. The van der Waals surface area contributed by atoms with Crippen molar-refractivity contribution >= 4 is 34.7 Å². The Morgan fingerprint density at radius 2 is 1.74 bits per heavy atom. The predicted octanol–water partition coefficient (Wildman–Crippen LogP) is 4.58. The van der Waals surface area contributed by atoms with Gasteiger partial charge in [0.2, 0.25) is 0 Å². The number of hydrogen-bond acceptors (Lipinski definition) is 7. The van der Waals surface area contributed by atoms with Crippen LogP contribution >= 0.6 is 11.3 Å². The lowest BCUT2D eigenvalue weighted by molar-refractivity contribution is -0.384. The molecule has 1 aliphatic rings. The molecule has 10 nitrogen and oxygen atoms in total. The van der Waals surface area contributed by atoms with Crippen molar-refractivity contribution in [2.75, 3.05) is 12.4 Å². The summed E-state index contributed by atoms with van der Waals surface area (Å²) in [7, 11) is 1.58. The summed E-state index contributed by atoms with van der Waals surface area (Å²) in [6.07, 6.45) is 3.58. The van der Waals surface area contributed by atoms with Crippen molar-refractivity contribution in [1.82, 2.24) is 9.13 Å². The number of nitrogens with zero attached hydrogens (tertiary/aromatic N) is 4. The molecule has 1 N–H and O–H groups in total. The molecule has 214 valence electrons. The summed E-state index contributed by atoms with van der Waals surface area (Å²) in [5.74, 6) is 0.300. The highest BCUT2D eigenvalue weighted by atomic mass is 32.1. The van der Waals surface area contributed by atoms with Crippen LogP contribution in [0, 0.1) is 10.1 Å². The van der Waals surface area contributed by atoms with E-state index in [1.165, 1.54) is 23.5 Å². The largest absolute Gasteiger partial charge is 0.497 e. The van der Waals surface area contributed by atoms with Gasteiger partial charge in [0.25, 0.3) is 17.2 Å². The normalized spacial score (nSPS) is 14.7. The summed E-state index contributed by atoms with van der Waals surface area (Å²) >= 11 is 1.23. The van der Waals surface area contributed by atoms with Gasteiger partial charge in [-0.25, -0.2) is 4.99 Å². The van der Waals surface area contributed by atoms with Crippen molar-refractivity contribution in [1.29, 1.82) is 0 Å². The number of nitrogens with one attached hydrogen (secondary N) is 1. The molecule has 1 amide bonds. The second-order valence-corrected chi connectivity index (χ2v) is 10.8. The van der Waals surface area contributed by atoms with Crippen LogP contribution in [0.4, 0.5) is 11.4 Å². The minimum Gasteiger partial charge on any atom is -0.497 e. The van der Waals surface area contributed by atoms with Crippen LogP contribution in [-0.2, 0) is 4.79 Å². The number of non-ortho nitro benzene ring substituents is 1. The summed E-state index contributed by atoms with van der Waals surface area (Å²) in [5, 5.41) is 14.0. The molecule has 6 rings (SSSR count). The van der Waals surface area contributed by atoms with Crippen LogP contribution in [0.2, 0.25) is 0 Å². The minimum atomic E-state index is -0.727. The Morgan fingerprint density at radius 3 is 2.42 bits per heavy atom. The molecular weight excluding hydrogens is 566 g/mol. The van der Waals surface area contributed by atoms with Crippen LogP contribution in [0.1, 0.15) is 24.2 Å². The molecule has 3 heterocycles. The lowest BCUT2D eigenvalue weighted by Crippen LogP contribution is -2.40. The van der Waals surface area contributed by atoms with Crippen LogP contribution < -0.4 is 24.9 Å². The summed E-state index contributed by atoms with van der Waals surface area (Å²) in [6.45, 7) is 1.77. The maximum atomic E-state index is 14.1. The number of amides is 1. The fourth-order valence-electron chi connectivity index (χ4n) is 5.05. The van der Waals surface area contributed by atoms with Crippen LogP contribution in [0.25, 0.3) is 11.8 Å². The monoisotopic (exact) mass is 591 g/mol. The smallest absolute Gasteiger partial charge is 0.271 e. The number of aromatic nitrogens is 2. The zero-order chi connectivity index (χ0) is 30.1. The van der Waals surface area contributed by atoms with Gasteiger partial charge in [-0.3, -0.25) is 24.3 Å². The number of para-hydroxylation sites is 1. The highest BCUT2D eigenvalue weighted by Crippen LogP contribution is 2.31. The Bertz CT molecular complexity index is 2060. The summed E-state index contributed by atoms with van der Waals surface area (Å²) in [4.78, 5) is 43.6. The van der Waals surface area contributed by atoms with Crippen molar-refractivity contribution in [3.05, 3.63) is 150 Å². The zero-order valence-corrected chi connectivity index (χ0v) is 23.9. The van der Waals surface area contributed by atoms with E-state index in [-0.39, 0.29) is 17.2 Å². The van der Waals surface area contributed by atoms with Crippen LogP contribution in [-0.4, -0.2) is 27.1 Å². The van der Waals surface area contributed by atoms with E-state index in [1.54, 1.807) is 61.1 Å². The Hall–Kier alpha value is -5.55. The fourth-order valence-corrected chi connectivity index (χ4v) is 6.08. The molecule has 5 aromatic rings. The number of nitro groups is 1. The molecule has 0 radical (unpaired) electrons. The molecule has 1 aliphatic heterocycles. The van der Waals surface area contributed by atoms with Crippen molar-refractivity contribution in [2.24, 2.45) is 4.99 Å². The van der Waals surface area contributed by atoms with Gasteiger partial charge in [0.1, 0.15) is 5.75 Å². The van der Waals surface area contributed by atoms with E-state index in [0.29, 0.717) is 43.4 Å². The van der Waals surface area contributed by atoms with E-state index in [0.717, 1.165) is 5.56 Å². The molecule has 1 atom stereocenters. The van der Waals surface area contributed by atoms with Crippen molar-refractivity contribution in [3.63, 3.8) is 0 Å². The Kier molecular flexibility index (Phi) is 7.31.